The Hall–Kier alpha value is -2.43. The Labute approximate surface area is 389 Å². The second-order valence-electron chi connectivity index (χ2n) is 19.4. The quantitative estimate of drug-likeness (QED) is 0.0298. The van der Waals surface area contributed by atoms with Gasteiger partial charge in [-0.15, -0.1) is 0 Å². The minimum atomic E-state index is -4.40. The summed E-state index contributed by atoms with van der Waals surface area (Å²) in [4.78, 5) is 35.7. The molecule has 11 nitrogen and oxygen atoms in total. The number of hydrogen-bond acceptors (Lipinski definition) is 9. The standard InChI is InChI=1S/C52H92NO10P/c1-10-12-27-33-48-44(5)45(6)50(63-48)35-29-23-19-15-13-14-16-22-26-31-37-52(55)61-46(41-60-64(56,57)59-39-38-53(7,8)9)40-58-51(54)36-30-25-21-18-17-20-24-28-34-49-43(4)42(3)47(62-49)32-11-2/h46H,10-41H2,1-9H3/p+1. The zero-order chi connectivity index (χ0) is 47.2. The van der Waals surface area contributed by atoms with Gasteiger partial charge >= 0.3 is 19.8 Å². The molecule has 0 bridgehead atoms. The van der Waals surface area contributed by atoms with Crippen LogP contribution in [0.25, 0.3) is 0 Å². The Balaban J connectivity index is 1.61. The maximum Gasteiger partial charge on any atom is 0.472 e. The first-order chi connectivity index (χ1) is 30.6. The lowest BCUT2D eigenvalue weighted by molar-refractivity contribution is -0.870. The molecule has 0 saturated heterocycles. The van der Waals surface area contributed by atoms with E-state index in [2.05, 4.69) is 41.5 Å². The van der Waals surface area contributed by atoms with Crippen molar-refractivity contribution in [2.45, 2.75) is 227 Å². The normalized spacial score (nSPS) is 13.3. The third-order valence-electron chi connectivity index (χ3n) is 12.5. The molecule has 1 N–H and O–H groups in total. The van der Waals surface area contributed by atoms with Gasteiger partial charge in [0.05, 0.1) is 27.7 Å². The monoisotopic (exact) mass is 923 g/mol. The largest absolute Gasteiger partial charge is 0.472 e. The van der Waals surface area contributed by atoms with Crippen LogP contribution in [0.5, 0.6) is 0 Å². The fourth-order valence-corrected chi connectivity index (χ4v) is 8.75. The van der Waals surface area contributed by atoms with Crippen molar-refractivity contribution in [2.24, 2.45) is 0 Å². The van der Waals surface area contributed by atoms with Crippen LogP contribution in [0.3, 0.4) is 0 Å². The van der Waals surface area contributed by atoms with E-state index in [0.29, 0.717) is 17.4 Å². The van der Waals surface area contributed by atoms with E-state index in [0.717, 1.165) is 95.0 Å². The van der Waals surface area contributed by atoms with Crippen molar-refractivity contribution in [1.29, 1.82) is 0 Å². The number of unbranched alkanes of at least 4 members (excludes halogenated alkanes) is 18. The number of carbonyl (C=O) groups excluding carboxylic acids is 2. The number of likely N-dealkylation sites (N-methyl/N-ethyl adjacent to an activating group) is 1. The Morgan fingerprint density at radius 1 is 0.531 bits per heavy atom. The van der Waals surface area contributed by atoms with Crippen LogP contribution in [0, 0.1) is 27.7 Å². The van der Waals surface area contributed by atoms with Gasteiger partial charge in [0.15, 0.2) is 6.10 Å². The third-order valence-corrected chi connectivity index (χ3v) is 13.5. The lowest BCUT2D eigenvalue weighted by Crippen LogP contribution is -2.37. The van der Waals surface area contributed by atoms with Crippen molar-refractivity contribution >= 4 is 19.8 Å². The molecule has 2 heterocycles. The van der Waals surface area contributed by atoms with Crippen LogP contribution in [0.15, 0.2) is 8.83 Å². The summed E-state index contributed by atoms with van der Waals surface area (Å²) in [6, 6.07) is 0. The molecule has 2 rings (SSSR count). The number of nitrogens with zero attached hydrogens (tertiary/aromatic N) is 1. The summed E-state index contributed by atoms with van der Waals surface area (Å²) in [5, 5.41) is 0. The molecule has 0 spiro atoms. The molecule has 0 fully saturated rings. The van der Waals surface area contributed by atoms with Gasteiger partial charge < -0.3 is 27.7 Å². The molecule has 370 valence electrons. The molecule has 0 aliphatic rings. The van der Waals surface area contributed by atoms with E-state index >= 15 is 0 Å². The number of aryl methyl sites for hydroxylation is 4. The van der Waals surface area contributed by atoms with Crippen molar-refractivity contribution in [3.8, 4) is 0 Å². The fourth-order valence-electron chi connectivity index (χ4n) is 8.01. The molecule has 2 atom stereocenters. The van der Waals surface area contributed by atoms with Crippen LogP contribution in [-0.4, -0.2) is 74.9 Å². The summed E-state index contributed by atoms with van der Waals surface area (Å²) >= 11 is 0. The number of rotatable bonds is 40. The van der Waals surface area contributed by atoms with E-state index in [4.69, 9.17) is 27.4 Å². The van der Waals surface area contributed by atoms with Gasteiger partial charge in [-0.1, -0.05) is 117 Å². The molecule has 64 heavy (non-hydrogen) atoms. The number of hydrogen-bond donors (Lipinski definition) is 1. The molecule has 0 radical (unpaired) electrons. The molecule has 2 unspecified atom stereocenters. The van der Waals surface area contributed by atoms with Gasteiger partial charge in [0.25, 0.3) is 0 Å². The lowest BCUT2D eigenvalue weighted by atomic mass is 10.0. The molecule has 12 heteroatoms. The van der Waals surface area contributed by atoms with Crippen LogP contribution in [0.1, 0.15) is 213 Å². The molecule has 2 aromatic heterocycles. The van der Waals surface area contributed by atoms with Crippen molar-refractivity contribution in [3.63, 3.8) is 0 Å². The Bertz CT molecular complexity index is 1610. The van der Waals surface area contributed by atoms with Crippen LogP contribution < -0.4 is 0 Å². The van der Waals surface area contributed by atoms with Crippen molar-refractivity contribution in [1.82, 2.24) is 0 Å². The van der Waals surface area contributed by atoms with Crippen molar-refractivity contribution in [3.05, 3.63) is 45.3 Å². The molecule has 0 saturated carbocycles. The van der Waals surface area contributed by atoms with Crippen molar-refractivity contribution in [2.75, 3.05) is 47.5 Å². The predicted molar refractivity (Wildman–Crippen MR) is 259 cm³/mol. The third kappa shape index (κ3) is 26.0. The van der Waals surface area contributed by atoms with E-state index in [1.807, 2.05) is 21.1 Å². The minimum Gasteiger partial charge on any atom is -0.466 e. The summed E-state index contributed by atoms with van der Waals surface area (Å²) in [7, 11) is 1.45. The Morgan fingerprint density at radius 2 is 0.922 bits per heavy atom. The highest BCUT2D eigenvalue weighted by atomic mass is 31.2. The average molecular weight is 923 g/mol. The second kappa shape index (κ2) is 33.1. The van der Waals surface area contributed by atoms with Gasteiger partial charge in [-0.05, 0) is 88.5 Å². The first kappa shape index (κ1) is 57.7. The summed E-state index contributed by atoms with van der Waals surface area (Å²) < 4.78 is 46.9. The van der Waals surface area contributed by atoms with Crippen LogP contribution in [0.2, 0.25) is 0 Å². The maximum atomic E-state index is 12.8. The highest BCUT2D eigenvalue weighted by Gasteiger charge is 2.27. The van der Waals surface area contributed by atoms with Gasteiger partial charge in [0.2, 0.25) is 0 Å². The molecule has 2 aromatic rings. The van der Waals surface area contributed by atoms with Crippen LogP contribution >= 0.6 is 7.82 Å². The summed E-state index contributed by atoms with van der Waals surface area (Å²) in [5.41, 5.74) is 5.32. The topological polar surface area (TPSA) is 135 Å². The Morgan fingerprint density at radius 3 is 1.34 bits per heavy atom. The zero-order valence-electron chi connectivity index (χ0n) is 42.2. The van der Waals surface area contributed by atoms with Gasteiger partial charge in [0.1, 0.15) is 42.8 Å². The highest BCUT2D eigenvalue weighted by Crippen LogP contribution is 2.43. The molecular weight excluding hydrogens is 830 g/mol. The molecule has 0 aliphatic heterocycles. The Kier molecular flexibility index (Phi) is 29.8. The predicted octanol–water partition coefficient (Wildman–Crippen LogP) is 13.7. The first-order valence-corrected chi connectivity index (χ1v) is 27.0. The number of furan rings is 2. The molecule has 0 amide bonds. The molecular formula is C52H93NO10P+. The van der Waals surface area contributed by atoms with Gasteiger partial charge in [0, 0.05) is 38.5 Å². The number of esters is 2. The highest BCUT2D eigenvalue weighted by molar-refractivity contribution is 7.47. The summed E-state index contributed by atoms with van der Waals surface area (Å²) in [6.07, 6.45) is 28.0. The van der Waals surface area contributed by atoms with E-state index in [1.165, 1.54) is 111 Å². The van der Waals surface area contributed by atoms with Crippen LogP contribution in [0.4, 0.5) is 0 Å². The number of quaternary nitrogens is 1. The van der Waals surface area contributed by atoms with Gasteiger partial charge in [-0.25, -0.2) is 4.57 Å². The zero-order valence-corrected chi connectivity index (χ0v) is 43.1. The summed E-state index contributed by atoms with van der Waals surface area (Å²) in [6.45, 7) is 13.0. The van der Waals surface area contributed by atoms with Gasteiger partial charge in [-0.2, -0.15) is 0 Å². The SMILES string of the molecule is CCCCCc1oc(CCCCCCCCCCCCC(=O)OC(COC(=O)CCCCCCCCCCc2oc(CCC)c(C)c2C)COP(=O)(O)OCC[N+](C)(C)C)c(C)c1C. The van der Waals surface area contributed by atoms with Crippen LogP contribution in [-0.2, 0) is 58.4 Å². The number of phosphoric ester groups is 1. The average Bonchev–Trinajstić information content (AvgIpc) is 3.66. The van der Waals surface area contributed by atoms with E-state index in [-0.39, 0.29) is 32.0 Å². The maximum absolute atomic E-state index is 12.8. The number of ether oxygens (including phenoxy) is 2. The summed E-state index contributed by atoms with van der Waals surface area (Å²) in [5.74, 6) is 3.85. The van der Waals surface area contributed by atoms with E-state index in [1.54, 1.807) is 0 Å². The second-order valence-corrected chi connectivity index (χ2v) is 20.8. The smallest absolute Gasteiger partial charge is 0.466 e. The van der Waals surface area contributed by atoms with E-state index in [9.17, 15) is 19.0 Å². The first-order valence-electron chi connectivity index (χ1n) is 25.5. The number of carbonyl (C=O) groups is 2. The van der Waals surface area contributed by atoms with Gasteiger partial charge in [-0.3, -0.25) is 18.6 Å². The lowest BCUT2D eigenvalue weighted by Gasteiger charge is -2.24. The molecule has 0 aromatic carbocycles. The minimum absolute atomic E-state index is 0.0217. The fraction of sp³-hybridized carbons (Fsp3) is 0.808. The molecule has 0 aliphatic carbocycles. The number of phosphoric acid groups is 1. The van der Waals surface area contributed by atoms with Crippen molar-refractivity contribution < 1.29 is 50.9 Å². The van der Waals surface area contributed by atoms with E-state index < -0.39 is 26.5 Å².